The summed E-state index contributed by atoms with van der Waals surface area (Å²) in [6, 6.07) is 8.00. The first-order chi connectivity index (χ1) is 9.65. The van der Waals surface area contributed by atoms with Crippen LogP contribution < -0.4 is 10.6 Å². The van der Waals surface area contributed by atoms with E-state index < -0.39 is 0 Å². The molecule has 1 fully saturated rings. The Morgan fingerprint density at radius 2 is 2.00 bits per heavy atom. The van der Waals surface area contributed by atoms with Crippen LogP contribution in [0.1, 0.15) is 6.92 Å². The molecule has 20 heavy (non-hydrogen) atoms. The van der Waals surface area contributed by atoms with E-state index in [4.69, 9.17) is 5.73 Å². The Morgan fingerprint density at radius 1 is 1.30 bits per heavy atom. The Hall–Kier alpha value is -1.66. The van der Waals surface area contributed by atoms with Crippen molar-refractivity contribution in [1.82, 2.24) is 9.88 Å². The predicted molar refractivity (Wildman–Crippen MR) is 82.1 cm³/mol. The first-order valence-corrected chi connectivity index (χ1v) is 7.60. The molecule has 0 saturated carbocycles. The summed E-state index contributed by atoms with van der Waals surface area (Å²) in [6.45, 7) is 5.34. The van der Waals surface area contributed by atoms with Gasteiger partial charge < -0.3 is 10.6 Å². The molecule has 1 aliphatic heterocycles. The molecule has 5 nitrogen and oxygen atoms in total. The third-order valence-corrected chi connectivity index (χ3v) is 4.92. The predicted octanol–water partition coefficient (Wildman–Crippen LogP) is 1.29. The Labute approximate surface area is 122 Å². The number of benzene rings is 1. The van der Waals surface area contributed by atoms with Gasteiger partial charge in [-0.25, -0.2) is 4.98 Å². The number of primary amides is 1. The summed E-state index contributed by atoms with van der Waals surface area (Å²) >= 11 is 1.72. The van der Waals surface area contributed by atoms with Crippen LogP contribution >= 0.6 is 11.3 Å². The molecule has 1 aromatic heterocycles. The average molecular weight is 290 g/mol. The van der Waals surface area contributed by atoms with Gasteiger partial charge in [-0.3, -0.25) is 9.69 Å². The summed E-state index contributed by atoms with van der Waals surface area (Å²) in [5.41, 5.74) is 6.42. The van der Waals surface area contributed by atoms with Crippen molar-refractivity contribution in [2.24, 2.45) is 5.73 Å². The quantitative estimate of drug-likeness (QED) is 0.925. The number of aromatic nitrogens is 1. The van der Waals surface area contributed by atoms with E-state index in [0.717, 1.165) is 36.8 Å². The lowest BCUT2D eigenvalue weighted by atomic mass is 10.2. The van der Waals surface area contributed by atoms with Crippen molar-refractivity contribution in [3.63, 3.8) is 0 Å². The lowest BCUT2D eigenvalue weighted by molar-refractivity contribution is -0.122. The molecular formula is C14H18N4OS. The summed E-state index contributed by atoms with van der Waals surface area (Å²) in [7, 11) is 0. The van der Waals surface area contributed by atoms with Gasteiger partial charge in [-0.2, -0.15) is 0 Å². The summed E-state index contributed by atoms with van der Waals surface area (Å²) < 4.78 is 1.22. The van der Waals surface area contributed by atoms with Gasteiger partial charge in [0.05, 0.1) is 16.3 Å². The van der Waals surface area contributed by atoms with Gasteiger partial charge in [-0.15, -0.1) is 0 Å². The van der Waals surface area contributed by atoms with Crippen LogP contribution in [0.4, 0.5) is 5.13 Å². The van der Waals surface area contributed by atoms with Crippen molar-refractivity contribution in [3.8, 4) is 0 Å². The SMILES string of the molecule is C[C@H](C(N)=O)N1CCN(c2nc3ccccc3s2)CC1. The third-order valence-electron chi connectivity index (χ3n) is 3.83. The van der Waals surface area contributed by atoms with E-state index in [9.17, 15) is 4.79 Å². The second kappa shape index (κ2) is 5.38. The van der Waals surface area contributed by atoms with Crippen LogP contribution in [-0.2, 0) is 4.79 Å². The number of nitrogens with zero attached hydrogens (tertiary/aromatic N) is 3. The lowest BCUT2D eigenvalue weighted by Gasteiger charge is -2.36. The molecule has 106 valence electrons. The van der Waals surface area contributed by atoms with Gasteiger partial charge in [-0.1, -0.05) is 23.5 Å². The fourth-order valence-electron chi connectivity index (χ4n) is 2.48. The van der Waals surface area contributed by atoms with Crippen molar-refractivity contribution < 1.29 is 4.79 Å². The number of nitrogens with two attached hydrogens (primary N) is 1. The molecule has 1 saturated heterocycles. The second-order valence-electron chi connectivity index (χ2n) is 5.07. The van der Waals surface area contributed by atoms with E-state index in [1.165, 1.54) is 4.70 Å². The van der Waals surface area contributed by atoms with E-state index >= 15 is 0 Å². The molecule has 1 aromatic carbocycles. The van der Waals surface area contributed by atoms with Crippen molar-refractivity contribution in [2.75, 3.05) is 31.1 Å². The molecule has 1 aliphatic rings. The average Bonchev–Trinajstić information content (AvgIpc) is 2.90. The number of hydrogen-bond donors (Lipinski definition) is 1. The fraction of sp³-hybridized carbons (Fsp3) is 0.429. The molecule has 1 atom stereocenters. The molecular weight excluding hydrogens is 272 g/mol. The number of amides is 1. The van der Waals surface area contributed by atoms with E-state index in [0.29, 0.717) is 0 Å². The van der Waals surface area contributed by atoms with Crippen LogP contribution in [0.2, 0.25) is 0 Å². The summed E-state index contributed by atoms with van der Waals surface area (Å²) in [5.74, 6) is -0.251. The van der Waals surface area contributed by atoms with E-state index in [1.807, 2.05) is 25.1 Å². The smallest absolute Gasteiger partial charge is 0.234 e. The number of rotatable bonds is 3. The fourth-order valence-corrected chi connectivity index (χ4v) is 3.49. The topological polar surface area (TPSA) is 62.5 Å². The third kappa shape index (κ3) is 2.48. The molecule has 0 aliphatic carbocycles. The highest BCUT2D eigenvalue weighted by Crippen LogP contribution is 2.29. The monoisotopic (exact) mass is 290 g/mol. The maximum atomic E-state index is 11.2. The number of hydrogen-bond acceptors (Lipinski definition) is 5. The van der Waals surface area contributed by atoms with Crippen molar-refractivity contribution >= 4 is 32.6 Å². The van der Waals surface area contributed by atoms with Crippen LogP contribution in [0.25, 0.3) is 10.2 Å². The molecule has 0 bridgehead atoms. The molecule has 0 spiro atoms. The zero-order valence-electron chi connectivity index (χ0n) is 11.5. The zero-order valence-corrected chi connectivity index (χ0v) is 12.3. The standard InChI is InChI=1S/C14H18N4OS/c1-10(13(15)19)17-6-8-18(9-7-17)14-16-11-4-2-3-5-12(11)20-14/h2-5,10H,6-9H2,1H3,(H2,15,19)/t10-/m1/s1. The largest absolute Gasteiger partial charge is 0.368 e. The maximum absolute atomic E-state index is 11.2. The Balaban J connectivity index is 1.70. The Bertz CT molecular complexity index is 585. The van der Waals surface area contributed by atoms with E-state index in [2.05, 4.69) is 20.9 Å². The van der Waals surface area contributed by atoms with Gasteiger partial charge in [0.25, 0.3) is 0 Å². The summed E-state index contributed by atoms with van der Waals surface area (Å²) in [4.78, 5) is 20.3. The molecule has 3 rings (SSSR count). The van der Waals surface area contributed by atoms with E-state index in [1.54, 1.807) is 11.3 Å². The minimum atomic E-state index is -0.251. The molecule has 6 heteroatoms. The normalized spacial score (nSPS) is 18.4. The second-order valence-corrected chi connectivity index (χ2v) is 6.07. The first-order valence-electron chi connectivity index (χ1n) is 6.79. The number of fused-ring (bicyclic) bond motifs is 1. The van der Waals surface area contributed by atoms with Gasteiger partial charge >= 0.3 is 0 Å². The Kier molecular flexibility index (Phi) is 3.58. The van der Waals surface area contributed by atoms with Crippen LogP contribution in [0.5, 0.6) is 0 Å². The summed E-state index contributed by atoms with van der Waals surface area (Å²) in [6.07, 6.45) is 0. The molecule has 0 unspecified atom stereocenters. The zero-order chi connectivity index (χ0) is 14.1. The minimum Gasteiger partial charge on any atom is -0.368 e. The summed E-state index contributed by atoms with van der Waals surface area (Å²) in [5, 5.41) is 1.07. The van der Waals surface area contributed by atoms with Crippen molar-refractivity contribution in [3.05, 3.63) is 24.3 Å². The number of carbonyl (C=O) groups is 1. The van der Waals surface area contributed by atoms with Gasteiger partial charge in [0.2, 0.25) is 5.91 Å². The van der Waals surface area contributed by atoms with Crippen LogP contribution in [0.15, 0.2) is 24.3 Å². The first kappa shape index (κ1) is 13.3. The van der Waals surface area contributed by atoms with E-state index in [-0.39, 0.29) is 11.9 Å². The highest BCUT2D eigenvalue weighted by Gasteiger charge is 2.25. The molecule has 2 aromatic rings. The van der Waals surface area contributed by atoms with Gasteiger partial charge in [0, 0.05) is 26.2 Å². The Morgan fingerprint density at radius 3 is 2.65 bits per heavy atom. The van der Waals surface area contributed by atoms with Gasteiger partial charge in [0.1, 0.15) is 0 Å². The maximum Gasteiger partial charge on any atom is 0.234 e. The van der Waals surface area contributed by atoms with Crippen LogP contribution in [0, 0.1) is 0 Å². The van der Waals surface area contributed by atoms with Crippen LogP contribution in [0.3, 0.4) is 0 Å². The number of piperazine rings is 1. The molecule has 0 radical (unpaired) electrons. The number of anilines is 1. The highest BCUT2D eigenvalue weighted by atomic mass is 32.1. The van der Waals surface area contributed by atoms with Crippen molar-refractivity contribution in [2.45, 2.75) is 13.0 Å². The lowest BCUT2D eigenvalue weighted by Crippen LogP contribution is -2.53. The van der Waals surface area contributed by atoms with Crippen molar-refractivity contribution in [1.29, 1.82) is 0 Å². The number of carbonyl (C=O) groups excluding carboxylic acids is 1. The molecule has 1 amide bonds. The van der Waals surface area contributed by atoms with Gasteiger partial charge in [0.15, 0.2) is 5.13 Å². The molecule has 2 N–H and O–H groups in total. The number of para-hydroxylation sites is 1. The van der Waals surface area contributed by atoms with Gasteiger partial charge in [-0.05, 0) is 19.1 Å². The molecule has 2 heterocycles. The number of thiazole rings is 1. The highest BCUT2D eigenvalue weighted by molar-refractivity contribution is 7.22. The minimum absolute atomic E-state index is 0.187. The van der Waals surface area contributed by atoms with Crippen LogP contribution in [-0.4, -0.2) is 48.0 Å².